The Morgan fingerprint density at radius 3 is 2.56 bits per heavy atom. The first kappa shape index (κ1) is 11.2. The lowest BCUT2D eigenvalue weighted by Crippen LogP contribution is -2.21. The van der Waals surface area contributed by atoms with Crippen LogP contribution in [0.3, 0.4) is 0 Å². The van der Waals surface area contributed by atoms with E-state index in [0.717, 1.165) is 11.4 Å². The SMILES string of the molecule is [2H]C(O)C(C)C(Nc1ccccn1)c1ccccc1. The Hall–Kier alpha value is -1.87. The van der Waals surface area contributed by atoms with Crippen molar-refractivity contribution in [2.45, 2.75) is 13.0 Å². The fourth-order valence-electron chi connectivity index (χ4n) is 1.87. The van der Waals surface area contributed by atoms with Crippen LogP contribution in [0, 0.1) is 5.92 Å². The predicted octanol–water partition coefficient (Wildman–Crippen LogP) is 2.86. The molecule has 2 aromatic rings. The Morgan fingerprint density at radius 2 is 1.94 bits per heavy atom. The number of rotatable bonds is 5. The van der Waals surface area contributed by atoms with Crippen molar-refractivity contribution in [2.75, 3.05) is 11.9 Å². The van der Waals surface area contributed by atoms with Gasteiger partial charge >= 0.3 is 0 Å². The minimum absolute atomic E-state index is 0.149. The summed E-state index contributed by atoms with van der Waals surface area (Å²) in [5.41, 5.74) is 1.03. The molecule has 2 N–H and O–H groups in total. The van der Waals surface area contributed by atoms with E-state index in [9.17, 15) is 5.11 Å². The molecule has 3 nitrogen and oxygen atoms in total. The summed E-state index contributed by atoms with van der Waals surface area (Å²) in [6.07, 6.45) is 1.71. The summed E-state index contributed by atoms with van der Waals surface area (Å²) in [6, 6.07) is 15.3. The monoisotopic (exact) mass is 243 g/mol. The zero-order valence-electron chi connectivity index (χ0n) is 11.3. The molecule has 3 heteroatoms. The Labute approximate surface area is 109 Å². The highest BCUT2D eigenvalue weighted by atomic mass is 16.3. The van der Waals surface area contributed by atoms with Gasteiger partial charge in [0.05, 0.1) is 7.41 Å². The smallest absolute Gasteiger partial charge is 0.126 e. The average Bonchev–Trinajstić information content (AvgIpc) is 2.46. The van der Waals surface area contributed by atoms with Gasteiger partial charge in [0, 0.05) is 18.7 Å². The number of aromatic nitrogens is 1. The molecule has 3 unspecified atom stereocenters. The van der Waals surface area contributed by atoms with Gasteiger partial charge < -0.3 is 10.4 Å². The van der Waals surface area contributed by atoms with Crippen molar-refractivity contribution in [3.05, 3.63) is 60.3 Å². The van der Waals surface area contributed by atoms with Crippen molar-refractivity contribution in [3.8, 4) is 0 Å². The van der Waals surface area contributed by atoms with Crippen LogP contribution in [-0.2, 0) is 0 Å². The molecule has 0 aliphatic carbocycles. The van der Waals surface area contributed by atoms with E-state index in [0.29, 0.717) is 0 Å². The Morgan fingerprint density at radius 1 is 1.22 bits per heavy atom. The third-order valence-electron chi connectivity index (χ3n) is 2.89. The number of benzene rings is 1. The van der Waals surface area contributed by atoms with Crippen molar-refractivity contribution in [3.63, 3.8) is 0 Å². The maximum absolute atomic E-state index is 9.54. The van der Waals surface area contributed by atoms with E-state index in [4.69, 9.17) is 1.37 Å². The minimum atomic E-state index is -1.14. The topological polar surface area (TPSA) is 45.1 Å². The molecule has 0 amide bonds. The number of nitrogens with zero attached hydrogens (tertiary/aromatic N) is 1. The van der Waals surface area contributed by atoms with Crippen LogP contribution >= 0.6 is 0 Å². The highest BCUT2D eigenvalue weighted by Gasteiger charge is 2.18. The zero-order chi connectivity index (χ0) is 13.7. The highest BCUT2D eigenvalue weighted by molar-refractivity contribution is 5.38. The molecule has 94 valence electrons. The molecule has 1 heterocycles. The van der Waals surface area contributed by atoms with E-state index in [1.807, 2.05) is 55.5 Å². The number of aliphatic hydroxyl groups excluding tert-OH is 1. The molecule has 2 rings (SSSR count). The first-order chi connectivity index (χ1) is 9.18. The van der Waals surface area contributed by atoms with Crippen LogP contribution in [0.1, 0.15) is 19.9 Å². The van der Waals surface area contributed by atoms with Crippen LogP contribution in [0.2, 0.25) is 0 Å². The highest BCUT2D eigenvalue weighted by Crippen LogP contribution is 2.25. The molecule has 0 aliphatic heterocycles. The summed E-state index contributed by atoms with van der Waals surface area (Å²) in [5.74, 6) is 0.494. The molecule has 0 bridgehead atoms. The third-order valence-corrected chi connectivity index (χ3v) is 2.89. The second-order valence-electron chi connectivity index (χ2n) is 4.26. The van der Waals surface area contributed by atoms with Gasteiger partial charge in [-0.2, -0.15) is 0 Å². The van der Waals surface area contributed by atoms with Crippen molar-refractivity contribution in [1.82, 2.24) is 4.98 Å². The van der Waals surface area contributed by atoms with Gasteiger partial charge in [0.2, 0.25) is 0 Å². The lowest BCUT2D eigenvalue weighted by molar-refractivity contribution is 0.222. The summed E-state index contributed by atoms with van der Waals surface area (Å²) >= 11 is 0. The summed E-state index contributed by atoms with van der Waals surface area (Å²) in [6.45, 7) is 0.715. The molecular weight excluding hydrogens is 224 g/mol. The van der Waals surface area contributed by atoms with Crippen molar-refractivity contribution in [1.29, 1.82) is 0 Å². The normalized spacial score (nSPS) is 16.4. The van der Waals surface area contributed by atoms with Gasteiger partial charge in [-0.25, -0.2) is 4.98 Å². The predicted molar refractivity (Wildman–Crippen MR) is 73.3 cm³/mol. The molecule has 1 aromatic heterocycles. The Balaban J connectivity index is 2.25. The number of hydrogen-bond acceptors (Lipinski definition) is 3. The molecule has 3 atom stereocenters. The fraction of sp³-hybridized carbons (Fsp3) is 0.267. The summed E-state index contributed by atoms with van der Waals surface area (Å²) in [5, 5.41) is 12.8. The van der Waals surface area contributed by atoms with Crippen molar-refractivity contribution >= 4 is 5.82 Å². The van der Waals surface area contributed by atoms with Crippen LogP contribution in [0.25, 0.3) is 0 Å². The van der Waals surface area contributed by atoms with Gasteiger partial charge in [0.1, 0.15) is 5.82 Å². The second kappa shape index (κ2) is 6.17. The van der Waals surface area contributed by atoms with E-state index in [2.05, 4.69) is 10.3 Å². The fourth-order valence-corrected chi connectivity index (χ4v) is 1.87. The van der Waals surface area contributed by atoms with Gasteiger partial charge in [-0.1, -0.05) is 43.3 Å². The summed E-state index contributed by atoms with van der Waals surface area (Å²) in [4.78, 5) is 4.23. The van der Waals surface area contributed by atoms with E-state index in [-0.39, 0.29) is 12.0 Å². The average molecular weight is 243 g/mol. The van der Waals surface area contributed by atoms with Gasteiger partial charge in [-0.15, -0.1) is 0 Å². The van der Waals surface area contributed by atoms with Crippen LogP contribution < -0.4 is 5.32 Å². The summed E-state index contributed by atoms with van der Waals surface area (Å²) in [7, 11) is 0. The minimum Gasteiger partial charge on any atom is -0.396 e. The number of hydrogen-bond donors (Lipinski definition) is 2. The van der Waals surface area contributed by atoms with Crippen LogP contribution in [-0.4, -0.2) is 16.7 Å². The lowest BCUT2D eigenvalue weighted by atomic mass is 9.95. The quantitative estimate of drug-likeness (QED) is 0.848. The van der Waals surface area contributed by atoms with Crippen LogP contribution in [0.5, 0.6) is 0 Å². The lowest BCUT2D eigenvalue weighted by Gasteiger charge is -2.24. The molecular formula is C15H18N2O. The third kappa shape index (κ3) is 3.08. The Bertz CT molecular complexity index is 490. The molecule has 0 fully saturated rings. The number of anilines is 1. The molecule has 0 spiro atoms. The number of pyridine rings is 1. The summed E-state index contributed by atoms with van der Waals surface area (Å²) < 4.78 is 7.52. The van der Waals surface area contributed by atoms with Gasteiger partial charge in [-0.3, -0.25) is 0 Å². The first-order valence-corrected chi connectivity index (χ1v) is 6.01. The van der Waals surface area contributed by atoms with E-state index >= 15 is 0 Å². The second-order valence-corrected chi connectivity index (χ2v) is 4.26. The molecule has 0 radical (unpaired) electrons. The van der Waals surface area contributed by atoms with Crippen LogP contribution in [0.4, 0.5) is 5.82 Å². The van der Waals surface area contributed by atoms with Gasteiger partial charge in [0.25, 0.3) is 0 Å². The van der Waals surface area contributed by atoms with E-state index in [1.54, 1.807) is 6.20 Å². The van der Waals surface area contributed by atoms with Crippen molar-refractivity contribution < 1.29 is 6.48 Å². The standard InChI is InChI=1S/C15H18N2O/c1-12(11-18)15(13-7-3-2-4-8-13)17-14-9-5-6-10-16-14/h2-10,12,15,18H,11H2,1H3,(H,16,17)/i11D. The van der Waals surface area contributed by atoms with E-state index < -0.39 is 6.58 Å². The molecule has 18 heavy (non-hydrogen) atoms. The largest absolute Gasteiger partial charge is 0.396 e. The molecule has 0 saturated heterocycles. The van der Waals surface area contributed by atoms with Gasteiger partial charge in [0.15, 0.2) is 0 Å². The molecule has 0 saturated carbocycles. The molecule has 1 aromatic carbocycles. The number of nitrogens with one attached hydrogen (secondary N) is 1. The van der Waals surface area contributed by atoms with Crippen molar-refractivity contribution in [2.24, 2.45) is 5.92 Å². The number of aliphatic hydroxyl groups is 1. The maximum atomic E-state index is 9.54. The van der Waals surface area contributed by atoms with E-state index in [1.165, 1.54) is 0 Å². The van der Waals surface area contributed by atoms with Crippen LogP contribution in [0.15, 0.2) is 54.7 Å². The Kier molecular flexibility index (Phi) is 3.85. The first-order valence-electron chi connectivity index (χ1n) is 6.59. The zero-order valence-corrected chi connectivity index (χ0v) is 10.3. The molecule has 0 aliphatic rings. The maximum Gasteiger partial charge on any atom is 0.126 e. The van der Waals surface area contributed by atoms with Gasteiger partial charge in [-0.05, 0) is 17.7 Å².